The van der Waals surface area contributed by atoms with Gasteiger partial charge >= 0.3 is 0 Å². The number of fused-ring (bicyclic) bond motifs is 1. The highest BCUT2D eigenvalue weighted by Gasteiger charge is 2.47. The summed E-state index contributed by atoms with van der Waals surface area (Å²) in [5, 5.41) is 0.313. The number of hydrogen-bond acceptors (Lipinski definition) is 3. The number of hydrogen-bond donors (Lipinski definition) is 0. The third-order valence-electron chi connectivity index (χ3n) is 7.87. The molecule has 5 aromatic carbocycles. The molecule has 0 N–H and O–H groups in total. The summed E-state index contributed by atoms with van der Waals surface area (Å²) in [5.41, 5.74) is 3.08. The monoisotopic (exact) mass is 576 g/mol. The molecule has 0 bridgehead atoms. The average Bonchev–Trinajstić information content (AvgIpc) is 3.19. The van der Waals surface area contributed by atoms with Gasteiger partial charge in [-0.3, -0.25) is 4.99 Å². The van der Waals surface area contributed by atoms with E-state index in [2.05, 4.69) is 0 Å². The van der Waals surface area contributed by atoms with Crippen molar-refractivity contribution in [2.75, 3.05) is 11.4 Å². The smallest absolute Gasteiger partial charge is 0.144 e. The first-order valence-corrected chi connectivity index (χ1v) is 14.1. The number of halogens is 3. The van der Waals surface area contributed by atoms with Crippen molar-refractivity contribution in [3.8, 4) is 0 Å². The summed E-state index contributed by atoms with van der Waals surface area (Å²) in [6.07, 6.45) is 0.852. The highest BCUT2D eigenvalue weighted by molar-refractivity contribution is 6.37. The van der Waals surface area contributed by atoms with Gasteiger partial charge in [-0.1, -0.05) is 115 Å². The maximum Gasteiger partial charge on any atom is 0.144 e. The van der Waals surface area contributed by atoms with Crippen molar-refractivity contribution in [2.24, 2.45) is 4.99 Å². The molecule has 0 aliphatic carbocycles. The molecule has 0 saturated carbocycles. The molecule has 0 fully saturated rings. The van der Waals surface area contributed by atoms with Gasteiger partial charge < -0.3 is 9.69 Å². The van der Waals surface area contributed by atoms with Gasteiger partial charge in [0.2, 0.25) is 0 Å². The van der Waals surface area contributed by atoms with Crippen LogP contribution in [-0.4, -0.2) is 24.6 Å². The van der Waals surface area contributed by atoms with Crippen molar-refractivity contribution in [1.82, 2.24) is 0 Å². The molecule has 0 saturated heterocycles. The molecular weight excluding hydrogens is 550 g/mol. The Morgan fingerprint density at radius 1 is 0.738 bits per heavy atom. The van der Waals surface area contributed by atoms with E-state index in [1.807, 2.05) is 115 Å². The first-order chi connectivity index (χ1) is 20.5. The SMILES string of the molecule is Cc1ccc2c(c1Cl)C(c1c(F)cccc1F)=NCC(C=O)N2C(c1ccccc1)(c1ccccc1)c1ccccc1. The molecule has 1 aliphatic heterocycles. The number of aliphatic imine (C=N–C) groups is 1. The lowest BCUT2D eigenvalue weighted by atomic mass is 9.74. The quantitative estimate of drug-likeness (QED) is 0.151. The van der Waals surface area contributed by atoms with E-state index >= 15 is 8.78 Å². The van der Waals surface area contributed by atoms with E-state index in [0.717, 1.165) is 23.0 Å². The second-order valence-electron chi connectivity index (χ2n) is 10.3. The molecule has 0 amide bonds. The van der Waals surface area contributed by atoms with Crippen molar-refractivity contribution in [3.05, 3.63) is 171 Å². The Labute approximate surface area is 248 Å². The highest BCUT2D eigenvalue weighted by Crippen LogP contribution is 2.49. The molecule has 1 atom stereocenters. The van der Waals surface area contributed by atoms with E-state index in [4.69, 9.17) is 16.6 Å². The second-order valence-corrected chi connectivity index (χ2v) is 10.6. The Morgan fingerprint density at radius 3 is 1.71 bits per heavy atom. The molecule has 42 heavy (non-hydrogen) atoms. The van der Waals surface area contributed by atoms with Crippen LogP contribution in [0.5, 0.6) is 0 Å². The Kier molecular flexibility index (Phi) is 7.44. The standard InChI is InChI=1S/C36H27ClF2N2O/c1-24-20-21-31-33(34(24)37)35(32-29(38)18-11-19-30(32)39)40-22-28(23-42)41(31)36(25-12-5-2-6-13-25,26-14-7-3-8-15-26)27-16-9-4-10-17-27/h2-21,23,28H,22H2,1H3. The number of carbonyl (C=O) groups is 1. The van der Waals surface area contributed by atoms with Crippen LogP contribution in [0.2, 0.25) is 5.02 Å². The van der Waals surface area contributed by atoms with Crippen LogP contribution in [-0.2, 0) is 10.3 Å². The van der Waals surface area contributed by atoms with E-state index in [9.17, 15) is 4.79 Å². The van der Waals surface area contributed by atoms with Crippen molar-refractivity contribution in [2.45, 2.75) is 18.5 Å². The third-order valence-corrected chi connectivity index (χ3v) is 8.36. The van der Waals surface area contributed by atoms with Crippen LogP contribution < -0.4 is 4.90 Å². The van der Waals surface area contributed by atoms with Gasteiger partial charge in [0, 0.05) is 11.3 Å². The van der Waals surface area contributed by atoms with Crippen LogP contribution in [0, 0.1) is 18.6 Å². The number of benzodiazepines with no additional fused rings is 1. The highest BCUT2D eigenvalue weighted by atomic mass is 35.5. The van der Waals surface area contributed by atoms with E-state index < -0.39 is 23.2 Å². The Morgan fingerprint density at radius 2 is 1.24 bits per heavy atom. The molecule has 0 aromatic heterocycles. The number of aldehydes is 1. The van der Waals surface area contributed by atoms with Gasteiger partial charge in [-0.2, -0.15) is 0 Å². The Bertz CT molecular complexity index is 1660. The fraction of sp³-hybridized carbons (Fsp3) is 0.111. The van der Waals surface area contributed by atoms with Gasteiger partial charge in [0.15, 0.2) is 0 Å². The van der Waals surface area contributed by atoms with Crippen molar-refractivity contribution < 1.29 is 13.6 Å². The Hall–Kier alpha value is -4.61. The van der Waals surface area contributed by atoms with Gasteiger partial charge in [0.25, 0.3) is 0 Å². The number of nitrogens with zero attached hydrogens (tertiary/aromatic N) is 2. The molecular formula is C36H27ClF2N2O. The van der Waals surface area contributed by atoms with E-state index in [0.29, 0.717) is 21.8 Å². The zero-order chi connectivity index (χ0) is 29.3. The number of benzene rings is 5. The van der Waals surface area contributed by atoms with E-state index in [1.165, 1.54) is 18.2 Å². The van der Waals surface area contributed by atoms with Crippen LogP contribution in [0.1, 0.15) is 33.4 Å². The summed E-state index contributed by atoms with van der Waals surface area (Å²) in [7, 11) is 0. The molecule has 1 unspecified atom stereocenters. The van der Waals surface area contributed by atoms with E-state index in [-0.39, 0.29) is 17.8 Å². The maximum atomic E-state index is 15.4. The first-order valence-electron chi connectivity index (χ1n) is 13.7. The lowest BCUT2D eigenvalue weighted by Gasteiger charge is -2.49. The van der Waals surface area contributed by atoms with Crippen LogP contribution in [0.25, 0.3) is 0 Å². The van der Waals surface area contributed by atoms with Crippen molar-refractivity contribution in [1.29, 1.82) is 0 Å². The predicted molar refractivity (Wildman–Crippen MR) is 165 cm³/mol. The van der Waals surface area contributed by atoms with Gasteiger partial charge in [0.1, 0.15) is 29.5 Å². The van der Waals surface area contributed by atoms with Gasteiger partial charge in [-0.15, -0.1) is 0 Å². The fourth-order valence-corrected chi connectivity index (χ4v) is 6.29. The molecule has 1 heterocycles. The van der Waals surface area contributed by atoms with E-state index in [1.54, 1.807) is 0 Å². The summed E-state index contributed by atoms with van der Waals surface area (Å²) in [4.78, 5) is 19.9. The molecule has 208 valence electrons. The molecule has 0 radical (unpaired) electrons. The fourth-order valence-electron chi connectivity index (χ4n) is 6.04. The largest absolute Gasteiger partial charge is 0.341 e. The topological polar surface area (TPSA) is 32.7 Å². The minimum absolute atomic E-state index is 0.0507. The van der Waals surface area contributed by atoms with Crippen LogP contribution in [0.15, 0.2) is 126 Å². The minimum atomic E-state index is -1.05. The lowest BCUT2D eigenvalue weighted by molar-refractivity contribution is -0.109. The lowest BCUT2D eigenvalue weighted by Crippen LogP contribution is -2.55. The second kappa shape index (κ2) is 11.3. The predicted octanol–water partition coefficient (Wildman–Crippen LogP) is 8.14. The van der Waals surface area contributed by atoms with Gasteiger partial charge in [-0.25, -0.2) is 8.78 Å². The number of aryl methyl sites for hydroxylation is 1. The average molecular weight is 577 g/mol. The summed E-state index contributed by atoms with van der Waals surface area (Å²) in [6, 6.07) is 36.4. The molecule has 3 nitrogen and oxygen atoms in total. The zero-order valence-corrected chi connectivity index (χ0v) is 23.6. The minimum Gasteiger partial charge on any atom is -0.341 e. The summed E-state index contributed by atoms with van der Waals surface area (Å²) >= 11 is 7.04. The molecule has 1 aliphatic rings. The first kappa shape index (κ1) is 27.6. The van der Waals surface area contributed by atoms with Crippen LogP contribution in [0.3, 0.4) is 0 Å². The summed E-state index contributed by atoms with van der Waals surface area (Å²) in [5.74, 6) is -1.51. The third kappa shape index (κ3) is 4.41. The molecule has 0 spiro atoms. The molecule has 5 aromatic rings. The van der Waals surface area contributed by atoms with Crippen LogP contribution in [0.4, 0.5) is 14.5 Å². The normalized spacial score (nSPS) is 15.0. The zero-order valence-electron chi connectivity index (χ0n) is 22.8. The summed E-state index contributed by atoms with van der Waals surface area (Å²) < 4.78 is 30.7. The number of anilines is 1. The van der Waals surface area contributed by atoms with Crippen LogP contribution >= 0.6 is 11.6 Å². The molecule has 6 heteroatoms. The summed E-state index contributed by atoms with van der Waals surface area (Å²) in [6.45, 7) is 1.79. The van der Waals surface area contributed by atoms with Gasteiger partial charge in [0.05, 0.1) is 22.8 Å². The number of rotatable bonds is 6. The maximum absolute atomic E-state index is 15.4. The number of carbonyl (C=O) groups excluding carboxylic acids is 1. The van der Waals surface area contributed by atoms with Crippen molar-refractivity contribution in [3.63, 3.8) is 0 Å². The Balaban J connectivity index is 1.78. The van der Waals surface area contributed by atoms with Gasteiger partial charge in [-0.05, 0) is 47.4 Å². The van der Waals surface area contributed by atoms with Crippen molar-refractivity contribution >= 4 is 29.3 Å². The molecule has 6 rings (SSSR count).